The van der Waals surface area contributed by atoms with Crippen LogP contribution in [-0.4, -0.2) is 35.8 Å². The summed E-state index contributed by atoms with van der Waals surface area (Å²) in [7, 11) is 1.68. The highest BCUT2D eigenvalue weighted by atomic mass is 16.5. The van der Waals surface area contributed by atoms with Gasteiger partial charge < -0.3 is 14.8 Å². The molecule has 5 nitrogen and oxygen atoms in total. The summed E-state index contributed by atoms with van der Waals surface area (Å²) >= 11 is 0. The molecule has 1 aromatic heterocycles. The molecule has 90 valence electrons. The second-order valence-corrected chi connectivity index (χ2v) is 3.97. The summed E-state index contributed by atoms with van der Waals surface area (Å²) in [6, 6.07) is 1.73. The van der Waals surface area contributed by atoms with Gasteiger partial charge in [-0.3, -0.25) is 0 Å². The van der Waals surface area contributed by atoms with Crippen LogP contribution in [0.15, 0.2) is 12.3 Å². The van der Waals surface area contributed by atoms with E-state index in [2.05, 4.69) is 15.3 Å². The number of hydrogen-bond acceptors (Lipinski definition) is 5. The van der Waals surface area contributed by atoms with Gasteiger partial charge in [0.15, 0.2) is 0 Å². The molecule has 0 amide bonds. The number of ether oxygens (including phenoxy) is 2. The number of methoxy groups -OCH3 is 1. The molecular weight excluding hydrogens is 206 g/mol. The first-order chi connectivity index (χ1) is 7.57. The van der Waals surface area contributed by atoms with Gasteiger partial charge in [0, 0.05) is 25.9 Å². The third kappa shape index (κ3) is 4.02. The van der Waals surface area contributed by atoms with Gasteiger partial charge in [0.25, 0.3) is 0 Å². The molecule has 0 spiro atoms. The molecule has 0 atom stereocenters. The molecule has 0 aromatic carbocycles. The first kappa shape index (κ1) is 12.7. The molecule has 0 fully saturated rings. The number of rotatable bonds is 6. The van der Waals surface area contributed by atoms with Crippen LogP contribution in [0.2, 0.25) is 0 Å². The van der Waals surface area contributed by atoms with Crippen LogP contribution in [0, 0.1) is 0 Å². The first-order valence-electron chi connectivity index (χ1n) is 5.32. The van der Waals surface area contributed by atoms with Crippen LogP contribution in [0.4, 0.5) is 5.95 Å². The Labute approximate surface area is 96.2 Å². The minimum Gasteiger partial charge on any atom is -0.478 e. The van der Waals surface area contributed by atoms with E-state index in [4.69, 9.17) is 9.47 Å². The molecule has 5 heteroatoms. The number of nitrogens with one attached hydrogen (secondary N) is 1. The molecule has 0 saturated heterocycles. The van der Waals surface area contributed by atoms with Crippen LogP contribution >= 0.6 is 0 Å². The Kier molecular flexibility index (Phi) is 4.49. The van der Waals surface area contributed by atoms with Crippen molar-refractivity contribution < 1.29 is 9.47 Å². The molecule has 0 aliphatic rings. The van der Waals surface area contributed by atoms with E-state index in [0.29, 0.717) is 25.0 Å². The predicted octanol–water partition coefficient (Wildman–Crippen LogP) is 1.71. The third-order valence-corrected chi connectivity index (χ3v) is 2.15. The van der Waals surface area contributed by atoms with Crippen LogP contribution in [0.25, 0.3) is 0 Å². The molecule has 1 rings (SSSR count). The van der Waals surface area contributed by atoms with Gasteiger partial charge in [-0.05, 0) is 20.8 Å². The summed E-state index contributed by atoms with van der Waals surface area (Å²) in [6.07, 6.45) is 1.67. The summed E-state index contributed by atoms with van der Waals surface area (Å²) in [4.78, 5) is 8.30. The fourth-order valence-electron chi connectivity index (χ4n) is 1.02. The molecular formula is C11H19N3O2. The van der Waals surface area contributed by atoms with E-state index in [-0.39, 0.29) is 5.60 Å². The van der Waals surface area contributed by atoms with Gasteiger partial charge >= 0.3 is 0 Å². The van der Waals surface area contributed by atoms with Crippen molar-refractivity contribution in [2.75, 3.05) is 25.6 Å². The summed E-state index contributed by atoms with van der Waals surface area (Å²) in [5, 5.41) is 3.11. The van der Waals surface area contributed by atoms with E-state index in [1.54, 1.807) is 19.4 Å². The zero-order valence-corrected chi connectivity index (χ0v) is 10.3. The zero-order chi connectivity index (χ0) is 12.0. The molecule has 0 aliphatic heterocycles. The van der Waals surface area contributed by atoms with Gasteiger partial charge in [0.05, 0.1) is 12.2 Å². The number of aromatic nitrogens is 2. The van der Waals surface area contributed by atoms with Crippen molar-refractivity contribution in [3.05, 3.63) is 12.3 Å². The molecule has 0 radical (unpaired) electrons. The van der Waals surface area contributed by atoms with Gasteiger partial charge in [-0.15, -0.1) is 0 Å². The van der Waals surface area contributed by atoms with Crippen LogP contribution in [0.5, 0.6) is 5.88 Å². The van der Waals surface area contributed by atoms with Crippen LogP contribution in [0.3, 0.4) is 0 Å². The molecule has 1 heterocycles. The van der Waals surface area contributed by atoms with Gasteiger partial charge in [0.1, 0.15) is 0 Å². The Balaban J connectivity index is 2.57. The maximum absolute atomic E-state index is 5.29. The standard InChI is InChI=1S/C11H19N3O2/c1-5-16-9-6-7-12-10(14-9)13-8-11(2,3)15-4/h6-7H,5,8H2,1-4H3,(H,12,13,14). The quantitative estimate of drug-likeness (QED) is 0.798. The number of hydrogen-bond donors (Lipinski definition) is 1. The highest BCUT2D eigenvalue weighted by Crippen LogP contribution is 2.11. The van der Waals surface area contributed by atoms with Crippen molar-refractivity contribution in [3.8, 4) is 5.88 Å². The maximum atomic E-state index is 5.29. The van der Waals surface area contributed by atoms with Crippen molar-refractivity contribution >= 4 is 5.95 Å². The predicted molar refractivity (Wildman–Crippen MR) is 62.8 cm³/mol. The SMILES string of the molecule is CCOc1ccnc(NCC(C)(C)OC)n1. The van der Waals surface area contributed by atoms with E-state index in [0.717, 1.165) is 0 Å². The molecule has 1 aromatic rings. The summed E-state index contributed by atoms with van der Waals surface area (Å²) in [5.41, 5.74) is -0.245. The lowest BCUT2D eigenvalue weighted by atomic mass is 10.1. The fraction of sp³-hybridized carbons (Fsp3) is 0.636. The van der Waals surface area contributed by atoms with Crippen LogP contribution < -0.4 is 10.1 Å². The minimum atomic E-state index is -0.245. The lowest BCUT2D eigenvalue weighted by Crippen LogP contribution is -2.32. The highest BCUT2D eigenvalue weighted by molar-refractivity contribution is 5.27. The van der Waals surface area contributed by atoms with Gasteiger partial charge in [-0.2, -0.15) is 4.98 Å². The van der Waals surface area contributed by atoms with E-state index < -0.39 is 0 Å². The Hall–Kier alpha value is -1.36. The minimum absolute atomic E-state index is 0.245. The average Bonchev–Trinajstić information content (AvgIpc) is 2.28. The topological polar surface area (TPSA) is 56.3 Å². The Morgan fingerprint density at radius 2 is 2.19 bits per heavy atom. The third-order valence-electron chi connectivity index (χ3n) is 2.15. The first-order valence-corrected chi connectivity index (χ1v) is 5.32. The summed E-state index contributed by atoms with van der Waals surface area (Å²) in [6.45, 7) is 7.14. The monoisotopic (exact) mass is 225 g/mol. The second-order valence-electron chi connectivity index (χ2n) is 3.97. The number of nitrogens with zero attached hydrogens (tertiary/aromatic N) is 2. The second kappa shape index (κ2) is 5.65. The smallest absolute Gasteiger partial charge is 0.226 e. The van der Waals surface area contributed by atoms with Gasteiger partial charge in [-0.25, -0.2) is 4.98 Å². The zero-order valence-electron chi connectivity index (χ0n) is 10.3. The molecule has 0 saturated carbocycles. The molecule has 1 N–H and O–H groups in total. The maximum Gasteiger partial charge on any atom is 0.226 e. The van der Waals surface area contributed by atoms with Gasteiger partial charge in [-0.1, -0.05) is 0 Å². The van der Waals surface area contributed by atoms with E-state index in [1.807, 2.05) is 20.8 Å². The van der Waals surface area contributed by atoms with Crippen molar-refractivity contribution in [2.45, 2.75) is 26.4 Å². The number of anilines is 1. The van der Waals surface area contributed by atoms with Gasteiger partial charge in [0.2, 0.25) is 11.8 Å². The van der Waals surface area contributed by atoms with E-state index in [9.17, 15) is 0 Å². The Morgan fingerprint density at radius 1 is 1.44 bits per heavy atom. The van der Waals surface area contributed by atoms with Crippen molar-refractivity contribution in [1.82, 2.24) is 9.97 Å². The van der Waals surface area contributed by atoms with Crippen molar-refractivity contribution in [3.63, 3.8) is 0 Å². The lowest BCUT2D eigenvalue weighted by Gasteiger charge is -2.23. The van der Waals surface area contributed by atoms with E-state index in [1.165, 1.54) is 0 Å². The average molecular weight is 225 g/mol. The van der Waals surface area contributed by atoms with Crippen molar-refractivity contribution in [2.24, 2.45) is 0 Å². The lowest BCUT2D eigenvalue weighted by molar-refractivity contribution is 0.0342. The molecule has 0 unspecified atom stereocenters. The Morgan fingerprint density at radius 3 is 2.81 bits per heavy atom. The van der Waals surface area contributed by atoms with Crippen molar-refractivity contribution in [1.29, 1.82) is 0 Å². The fourth-order valence-corrected chi connectivity index (χ4v) is 1.02. The highest BCUT2D eigenvalue weighted by Gasteiger charge is 2.16. The van der Waals surface area contributed by atoms with E-state index >= 15 is 0 Å². The molecule has 0 bridgehead atoms. The normalized spacial score (nSPS) is 11.2. The van der Waals surface area contributed by atoms with Crippen LogP contribution in [0.1, 0.15) is 20.8 Å². The largest absolute Gasteiger partial charge is 0.478 e. The Bertz CT molecular complexity index is 329. The molecule has 0 aliphatic carbocycles. The summed E-state index contributed by atoms with van der Waals surface area (Å²) in [5.74, 6) is 1.13. The molecule has 16 heavy (non-hydrogen) atoms. The summed E-state index contributed by atoms with van der Waals surface area (Å²) < 4.78 is 10.6. The van der Waals surface area contributed by atoms with Crippen LogP contribution in [-0.2, 0) is 4.74 Å².